The second-order valence-electron chi connectivity index (χ2n) is 7.33. The molecule has 8 heteroatoms. The molecular weight excluding hydrogens is 438 g/mol. The molecule has 1 heterocycles. The fourth-order valence-electron chi connectivity index (χ4n) is 3.60. The normalized spacial score (nSPS) is 16.2. The van der Waals surface area contributed by atoms with Gasteiger partial charge in [-0.1, -0.05) is 30.3 Å². The van der Waals surface area contributed by atoms with Gasteiger partial charge in [0.05, 0.1) is 9.83 Å². The Morgan fingerprint density at radius 3 is 2.55 bits per heavy atom. The van der Waals surface area contributed by atoms with E-state index in [2.05, 4.69) is 4.99 Å². The van der Waals surface area contributed by atoms with Crippen molar-refractivity contribution >= 4 is 45.4 Å². The lowest BCUT2D eigenvalue weighted by atomic mass is 10.0. The number of fused-ring (bicyclic) bond motifs is 1. The Morgan fingerprint density at radius 2 is 1.85 bits per heavy atom. The number of ether oxygens (including phenoxy) is 1. The lowest BCUT2D eigenvalue weighted by Gasteiger charge is -2.13. The molecule has 0 spiro atoms. The van der Waals surface area contributed by atoms with Gasteiger partial charge in [-0.05, 0) is 66.2 Å². The van der Waals surface area contributed by atoms with E-state index in [1.165, 1.54) is 23.9 Å². The Kier molecular flexibility index (Phi) is 6.74. The van der Waals surface area contributed by atoms with Gasteiger partial charge in [-0.25, -0.2) is 0 Å². The minimum absolute atomic E-state index is 0.0386. The number of aliphatic imine (C=N–C) groups is 1. The summed E-state index contributed by atoms with van der Waals surface area (Å²) in [5.74, 6) is 0.570. The molecule has 0 unspecified atom stereocenters. The molecule has 0 radical (unpaired) electrons. The van der Waals surface area contributed by atoms with Crippen molar-refractivity contribution in [3.05, 3.63) is 86.8 Å². The summed E-state index contributed by atoms with van der Waals surface area (Å²) in [4.78, 5) is 30.2. The molecule has 0 aliphatic carbocycles. The third-order valence-electron chi connectivity index (χ3n) is 5.25. The number of thioether (sulfide) groups is 1. The van der Waals surface area contributed by atoms with Crippen molar-refractivity contribution in [3.8, 4) is 5.75 Å². The molecule has 4 rings (SSSR count). The van der Waals surface area contributed by atoms with Crippen molar-refractivity contribution in [1.82, 2.24) is 4.90 Å². The highest BCUT2D eigenvalue weighted by Gasteiger charge is 2.32. The van der Waals surface area contributed by atoms with Crippen LogP contribution >= 0.6 is 11.8 Å². The van der Waals surface area contributed by atoms with Gasteiger partial charge < -0.3 is 4.74 Å². The first-order valence-corrected chi connectivity index (χ1v) is 11.5. The summed E-state index contributed by atoms with van der Waals surface area (Å²) < 4.78 is 6.13. The zero-order valence-corrected chi connectivity index (χ0v) is 19.2. The zero-order valence-electron chi connectivity index (χ0n) is 18.4. The lowest BCUT2D eigenvalue weighted by Crippen LogP contribution is -2.28. The predicted molar refractivity (Wildman–Crippen MR) is 132 cm³/mol. The second kappa shape index (κ2) is 9.87. The molecule has 33 heavy (non-hydrogen) atoms. The number of likely N-dealkylation sites (N-methyl/N-ethyl adjacent to an activating group) is 1. The van der Waals surface area contributed by atoms with Gasteiger partial charge in [0.1, 0.15) is 12.4 Å². The summed E-state index contributed by atoms with van der Waals surface area (Å²) in [7, 11) is 0. The van der Waals surface area contributed by atoms with Crippen LogP contribution < -0.4 is 4.74 Å². The Hall–Kier alpha value is -3.65. The van der Waals surface area contributed by atoms with Crippen LogP contribution in [0.3, 0.4) is 0 Å². The zero-order chi connectivity index (χ0) is 23.4. The number of hydrogen-bond donors (Lipinski definition) is 0. The summed E-state index contributed by atoms with van der Waals surface area (Å²) in [5.41, 5.74) is 1.67. The SMILES string of the molecule is CCN=C1S/C(=C\c2c(OCc3ccc([N+](=O)[O-])cc3)ccc3ccccc23)C(=O)N1CC. The number of nitro groups is 1. The molecule has 1 fully saturated rings. The molecule has 3 aromatic rings. The molecule has 0 bridgehead atoms. The molecule has 7 nitrogen and oxygen atoms in total. The molecule has 0 saturated carbocycles. The van der Waals surface area contributed by atoms with E-state index < -0.39 is 4.92 Å². The van der Waals surface area contributed by atoms with Crippen LogP contribution in [0.15, 0.2) is 70.6 Å². The van der Waals surface area contributed by atoms with E-state index in [1.807, 2.05) is 56.3 Å². The molecule has 3 aromatic carbocycles. The first kappa shape index (κ1) is 22.5. The molecule has 1 amide bonds. The average Bonchev–Trinajstić information content (AvgIpc) is 3.12. The molecule has 1 aliphatic heterocycles. The van der Waals surface area contributed by atoms with Gasteiger partial charge in [0.25, 0.3) is 11.6 Å². The Morgan fingerprint density at radius 1 is 1.09 bits per heavy atom. The molecule has 0 aromatic heterocycles. The van der Waals surface area contributed by atoms with E-state index in [4.69, 9.17) is 4.74 Å². The predicted octanol–water partition coefficient (Wildman–Crippen LogP) is 5.64. The number of nitrogens with zero attached hydrogens (tertiary/aromatic N) is 3. The summed E-state index contributed by atoms with van der Waals surface area (Å²) in [6.07, 6.45) is 1.88. The van der Waals surface area contributed by atoms with Gasteiger partial charge in [0, 0.05) is 30.8 Å². The number of hydrogen-bond acceptors (Lipinski definition) is 6. The number of nitro benzene ring substituents is 1. The van der Waals surface area contributed by atoms with Gasteiger partial charge in [0.15, 0.2) is 5.17 Å². The van der Waals surface area contributed by atoms with Crippen molar-refractivity contribution in [1.29, 1.82) is 0 Å². The van der Waals surface area contributed by atoms with Crippen LogP contribution in [0, 0.1) is 10.1 Å². The molecule has 1 saturated heterocycles. The van der Waals surface area contributed by atoms with Crippen molar-refractivity contribution < 1.29 is 14.5 Å². The summed E-state index contributed by atoms with van der Waals surface area (Å²) in [6, 6.07) is 18.1. The maximum Gasteiger partial charge on any atom is 0.269 e. The number of amides is 1. The van der Waals surface area contributed by atoms with Gasteiger partial charge in [0.2, 0.25) is 0 Å². The molecule has 0 atom stereocenters. The monoisotopic (exact) mass is 461 g/mol. The first-order valence-electron chi connectivity index (χ1n) is 10.7. The van der Waals surface area contributed by atoms with E-state index in [0.29, 0.717) is 28.9 Å². The van der Waals surface area contributed by atoms with Crippen molar-refractivity contribution in [2.24, 2.45) is 4.99 Å². The number of benzene rings is 3. The van der Waals surface area contributed by atoms with Crippen molar-refractivity contribution in [3.63, 3.8) is 0 Å². The Labute approximate surface area is 195 Å². The minimum atomic E-state index is -0.426. The van der Waals surface area contributed by atoms with Gasteiger partial charge in [-0.2, -0.15) is 0 Å². The highest BCUT2D eigenvalue weighted by Crippen LogP contribution is 2.37. The molecule has 168 valence electrons. The third kappa shape index (κ3) is 4.75. The topological polar surface area (TPSA) is 85.0 Å². The Bertz CT molecular complexity index is 1270. The second-order valence-corrected chi connectivity index (χ2v) is 8.34. The van der Waals surface area contributed by atoms with Crippen LogP contribution in [0.4, 0.5) is 5.69 Å². The number of carbonyl (C=O) groups excluding carboxylic acids is 1. The maximum absolute atomic E-state index is 13.0. The highest BCUT2D eigenvalue weighted by atomic mass is 32.2. The molecule has 1 aliphatic rings. The van der Waals surface area contributed by atoms with Crippen molar-refractivity contribution in [2.75, 3.05) is 13.1 Å². The summed E-state index contributed by atoms with van der Waals surface area (Å²) >= 11 is 1.37. The Balaban J connectivity index is 1.70. The smallest absolute Gasteiger partial charge is 0.269 e. The number of carbonyl (C=O) groups is 1. The van der Waals surface area contributed by atoms with E-state index >= 15 is 0 Å². The third-order valence-corrected chi connectivity index (χ3v) is 6.29. The number of non-ortho nitro benzene ring substituents is 1. The van der Waals surface area contributed by atoms with Crippen LogP contribution in [0.1, 0.15) is 25.0 Å². The van der Waals surface area contributed by atoms with E-state index in [-0.39, 0.29) is 18.2 Å². The van der Waals surface area contributed by atoms with Crippen LogP contribution in [0.5, 0.6) is 5.75 Å². The number of rotatable bonds is 7. The highest BCUT2D eigenvalue weighted by molar-refractivity contribution is 8.18. The van der Waals surface area contributed by atoms with Crippen LogP contribution in [-0.4, -0.2) is 34.0 Å². The lowest BCUT2D eigenvalue weighted by molar-refractivity contribution is -0.384. The van der Waals surface area contributed by atoms with E-state index in [9.17, 15) is 14.9 Å². The quantitative estimate of drug-likeness (QED) is 0.258. The van der Waals surface area contributed by atoms with Crippen LogP contribution in [0.25, 0.3) is 16.8 Å². The van der Waals surface area contributed by atoms with Gasteiger partial charge in [-0.3, -0.25) is 24.8 Å². The van der Waals surface area contributed by atoms with E-state index in [1.54, 1.807) is 17.0 Å². The van der Waals surface area contributed by atoms with Gasteiger partial charge >= 0.3 is 0 Å². The van der Waals surface area contributed by atoms with Crippen LogP contribution in [-0.2, 0) is 11.4 Å². The van der Waals surface area contributed by atoms with Gasteiger partial charge in [-0.15, -0.1) is 0 Å². The van der Waals surface area contributed by atoms with Crippen molar-refractivity contribution in [2.45, 2.75) is 20.5 Å². The minimum Gasteiger partial charge on any atom is -0.488 e. The molecule has 0 N–H and O–H groups in total. The van der Waals surface area contributed by atoms with Crippen LogP contribution in [0.2, 0.25) is 0 Å². The molecular formula is C25H23N3O4S. The summed E-state index contributed by atoms with van der Waals surface area (Å²) in [6.45, 7) is 5.29. The average molecular weight is 462 g/mol. The fourth-order valence-corrected chi connectivity index (χ4v) is 4.68. The summed E-state index contributed by atoms with van der Waals surface area (Å²) in [5, 5.41) is 13.6. The first-order chi connectivity index (χ1) is 16.0. The standard InChI is InChI=1S/C25H23N3O4S/c1-3-26-25-27(4-2)24(29)23(33-25)15-21-20-8-6-5-7-18(20)11-14-22(21)32-16-17-9-12-19(13-10-17)28(30)31/h5-15H,3-4,16H2,1-2H3/b23-15-,26-25?. The largest absolute Gasteiger partial charge is 0.488 e. The fraction of sp³-hybridized carbons (Fsp3) is 0.200. The number of amidine groups is 1. The maximum atomic E-state index is 13.0. The van der Waals surface area contributed by atoms with E-state index in [0.717, 1.165) is 21.9 Å².